The van der Waals surface area contributed by atoms with Crippen LogP contribution in [0.15, 0.2) is 72.8 Å². The zero-order valence-corrected chi connectivity index (χ0v) is 17.8. The summed E-state index contributed by atoms with van der Waals surface area (Å²) in [5.74, 6) is -0.251. The molecule has 0 heterocycles. The van der Waals surface area contributed by atoms with Gasteiger partial charge in [0.2, 0.25) is 0 Å². The molecule has 0 atom stereocenters. The van der Waals surface area contributed by atoms with Crippen LogP contribution >= 0.6 is 0 Å². The van der Waals surface area contributed by atoms with Gasteiger partial charge in [-0.25, -0.2) is 0 Å². The Hall–Kier alpha value is -3.44. The first-order valence-electron chi connectivity index (χ1n) is 10.4. The third kappa shape index (κ3) is 3.97. The van der Waals surface area contributed by atoms with Crippen LogP contribution in [0.5, 0.6) is 0 Å². The number of fused-ring (bicyclic) bond motifs is 1. The van der Waals surface area contributed by atoms with Crippen molar-refractivity contribution in [1.29, 1.82) is 0 Å². The predicted octanol–water partition coefficient (Wildman–Crippen LogP) is 4.02. The average Bonchev–Trinajstić information content (AvgIpc) is 3.26. The first kappa shape index (κ1) is 20.8. The van der Waals surface area contributed by atoms with E-state index in [1.54, 1.807) is 25.1 Å². The number of hydrogen-bond acceptors (Lipinski definition) is 3. The summed E-state index contributed by atoms with van der Waals surface area (Å²) in [6.07, 6.45) is 5.22. The molecule has 0 aromatic heterocycles. The van der Waals surface area contributed by atoms with Crippen LogP contribution in [0.25, 0.3) is 21.9 Å². The minimum absolute atomic E-state index is 0.0540. The molecule has 0 aliphatic heterocycles. The van der Waals surface area contributed by atoms with E-state index in [1.807, 2.05) is 66.7 Å². The van der Waals surface area contributed by atoms with Gasteiger partial charge in [-0.05, 0) is 52.9 Å². The van der Waals surface area contributed by atoms with E-state index in [9.17, 15) is 14.7 Å². The van der Waals surface area contributed by atoms with Gasteiger partial charge in [-0.15, -0.1) is 0 Å². The van der Waals surface area contributed by atoms with E-state index in [-0.39, 0.29) is 18.4 Å². The van der Waals surface area contributed by atoms with E-state index in [4.69, 9.17) is 0 Å². The Balaban J connectivity index is 1.75. The second kappa shape index (κ2) is 8.36. The summed E-state index contributed by atoms with van der Waals surface area (Å²) in [6.45, 7) is -0.103. The summed E-state index contributed by atoms with van der Waals surface area (Å²) in [7, 11) is 3.47. The van der Waals surface area contributed by atoms with Crippen molar-refractivity contribution in [3.05, 3.63) is 83.9 Å². The monoisotopic (exact) mass is 414 g/mol. The Morgan fingerprint density at radius 1 is 0.968 bits per heavy atom. The van der Waals surface area contributed by atoms with E-state index in [2.05, 4.69) is 5.32 Å². The SMILES string of the molecule is CN(C)C(=O)c1cccc(-c2ccc(C(=O)NC3(CO)CC=CC3)c3ccccc23)c1. The van der Waals surface area contributed by atoms with Crippen LogP contribution in [0.2, 0.25) is 0 Å². The molecule has 0 bridgehead atoms. The Labute approximate surface area is 182 Å². The minimum atomic E-state index is -0.627. The highest BCUT2D eigenvalue weighted by Crippen LogP contribution is 2.32. The molecule has 0 unspecified atom stereocenters. The maximum Gasteiger partial charge on any atom is 0.253 e. The zero-order chi connectivity index (χ0) is 22.0. The number of aliphatic hydroxyl groups excluding tert-OH is 1. The molecule has 2 amide bonds. The Kier molecular flexibility index (Phi) is 5.61. The maximum absolute atomic E-state index is 13.1. The van der Waals surface area contributed by atoms with Crippen LogP contribution in [-0.4, -0.2) is 48.1 Å². The van der Waals surface area contributed by atoms with Crippen molar-refractivity contribution in [2.45, 2.75) is 18.4 Å². The molecule has 2 N–H and O–H groups in total. The van der Waals surface area contributed by atoms with Gasteiger partial charge >= 0.3 is 0 Å². The number of nitrogens with zero attached hydrogens (tertiary/aromatic N) is 1. The number of aliphatic hydroxyl groups is 1. The Bertz CT molecular complexity index is 1170. The van der Waals surface area contributed by atoms with Crippen molar-refractivity contribution in [2.75, 3.05) is 20.7 Å². The van der Waals surface area contributed by atoms with Gasteiger partial charge in [0, 0.05) is 25.2 Å². The molecule has 0 saturated carbocycles. The van der Waals surface area contributed by atoms with Crippen molar-refractivity contribution in [3.63, 3.8) is 0 Å². The number of benzene rings is 3. The number of hydrogen-bond donors (Lipinski definition) is 2. The molecule has 0 radical (unpaired) electrons. The standard InChI is InChI=1S/C26H26N2O3/c1-28(2)25(31)19-9-7-8-18(16-19)20-12-13-23(22-11-4-3-10-21(20)22)24(30)27-26(17-29)14-5-6-15-26/h3-13,16,29H,14-15,17H2,1-2H3,(H,27,30). The first-order chi connectivity index (χ1) is 14.9. The molecule has 0 spiro atoms. The van der Waals surface area contributed by atoms with Crippen LogP contribution in [0.4, 0.5) is 0 Å². The normalized spacial score (nSPS) is 14.5. The molecule has 31 heavy (non-hydrogen) atoms. The topological polar surface area (TPSA) is 69.6 Å². The Morgan fingerprint density at radius 2 is 1.68 bits per heavy atom. The van der Waals surface area contributed by atoms with Crippen molar-refractivity contribution in [2.24, 2.45) is 0 Å². The first-order valence-corrected chi connectivity index (χ1v) is 10.4. The van der Waals surface area contributed by atoms with E-state index in [0.717, 1.165) is 21.9 Å². The summed E-state index contributed by atoms with van der Waals surface area (Å²) < 4.78 is 0. The van der Waals surface area contributed by atoms with E-state index in [1.165, 1.54) is 0 Å². The summed E-state index contributed by atoms with van der Waals surface area (Å²) in [6, 6.07) is 19.1. The van der Waals surface area contributed by atoms with Gasteiger partial charge in [0.1, 0.15) is 0 Å². The molecule has 1 aliphatic carbocycles. The summed E-state index contributed by atoms with van der Waals surface area (Å²) >= 11 is 0. The predicted molar refractivity (Wildman–Crippen MR) is 123 cm³/mol. The molecule has 3 aromatic rings. The lowest BCUT2D eigenvalue weighted by Gasteiger charge is -2.28. The molecular weight excluding hydrogens is 388 g/mol. The second-order valence-electron chi connectivity index (χ2n) is 8.26. The van der Waals surface area contributed by atoms with Crippen LogP contribution in [-0.2, 0) is 0 Å². The fourth-order valence-electron chi connectivity index (χ4n) is 4.11. The van der Waals surface area contributed by atoms with Gasteiger partial charge in [0.15, 0.2) is 0 Å². The number of carbonyl (C=O) groups is 2. The van der Waals surface area contributed by atoms with Crippen LogP contribution in [0.3, 0.4) is 0 Å². The van der Waals surface area contributed by atoms with E-state index in [0.29, 0.717) is 24.0 Å². The van der Waals surface area contributed by atoms with Gasteiger partial charge in [-0.1, -0.05) is 54.6 Å². The summed E-state index contributed by atoms with van der Waals surface area (Å²) in [5, 5.41) is 14.7. The minimum Gasteiger partial charge on any atom is -0.394 e. The number of rotatable bonds is 5. The van der Waals surface area contributed by atoms with Gasteiger partial charge < -0.3 is 15.3 Å². The molecule has 4 rings (SSSR count). The van der Waals surface area contributed by atoms with Gasteiger partial charge in [0.05, 0.1) is 12.1 Å². The van der Waals surface area contributed by atoms with E-state index < -0.39 is 5.54 Å². The molecule has 158 valence electrons. The fourth-order valence-corrected chi connectivity index (χ4v) is 4.11. The van der Waals surface area contributed by atoms with E-state index >= 15 is 0 Å². The lowest BCUT2D eigenvalue weighted by molar-refractivity contribution is 0.0825. The largest absolute Gasteiger partial charge is 0.394 e. The van der Waals surface area contributed by atoms with Crippen LogP contribution in [0, 0.1) is 0 Å². The molecular formula is C26H26N2O3. The molecule has 3 aromatic carbocycles. The summed E-state index contributed by atoms with van der Waals surface area (Å²) in [5.41, 5.74) is 2.44. The average molecular weight is 415 g/mol. The van der Waals surface area contributed by atoms with Crippen LogP contribution in [0.1, 0.15) is 33.6 Å². The highest BCUT2D eigenvalue weighted by molar-refractivity contribution is 6.11. The van der Waals surface area contributed by atoms with Crippen molar-refractivity contribution < 1.29 is 14.7 Å². The third-order valence-electron chi connectivity index (χ3n) is 5.86. The molecule has 0 saturated heterocycles. The lowest BCUT2D eigenvalue weighted by atomic mass is 9.92. The lowest BCUT2D eigenvalue weighted by Crippen LogP contribution is -2.49. The highest BCUT2D eigenvalue weighted by Gasteiger charge is 2.32. The van der Waals surface area contributed by atoms with Crippen LogP contribution < -0.4 is 5.32 Å². The molecule has 5 heteroatoms. The fraction of sp³-hybridized carbons (Fsp3) is 0.231. The van der Waals surface area contributed by atoms with Gasteiger partial charge in [-0.3, -0.25) is 9.59 Å². The van der Waals surface area contributed by atoms with Crippen molar-refractivity contribution in [3.8, 4) is 11.1 Å². The molecule has 0 fully saturated rings. The summed E-state index contributed by atoms with van der Waals surface area (Å²) in [4.78, 5) is 27.1. The quantitative estimate of drug-likeness (QED) is 0.620. The maximum atomic E-state index is 13.1. The number of nitrogens with one attached hydrogen (secondary N) is 1. The smallest absolute Gasteiger partial charge is 0.253 e. The molecule has 1 aliphatic rings. The second-order valence-corrected chi connectivity index (χ2v) is 8.26. The zero-order valence-electron chi connectivity index (χ0n) is 17.8. The molecule has 5 nitrogen and oxygen atoms in total. The third-order valence-corrected chi connectivity index (χ3v) is 5.86. The van der Waals surface area contributed by atoms with Gasteiger partial charge in [0.25, 0.3) is 11.8 Å². The van der Waals surface area contributed by atoms with Crippen molar-refractivity contribution >= 4 is 22.6 Å². The Morgan fingerprint density at radius 3 is 2.35 bits per heavy atom. The highest BCUT2D eigenvalue weighted by atomic mass is 16.3. The number of amides is 2. The van der Waals surface area contributed by atoms with Crippen molar-refractivity contribution in [1.82, 2.24) is 10.2 Å². The number of carbonyl (C=O) groups excluding carboxylic acids is 2. The van der Waals surface area contributed by atoms with Gasteiger partial charge in [-0.2, -0.15) is 0 Å².